The highest BCUT2D eigenvalue weighted by atomic mass is 31.3. The van der Waals surface area contributed by atoms with E-state index in [0.717, 1.165) is 19.0 Å². The van der Waals surface area contributed by atoms with E-state index in [2.05, 4.69) is 30.3 Å². The molecule has 1 aromatic heterocycles. The first-order chi connectivity index (χ1) is 18.9. The lowest BCUT2D eigenvalue weighted by Crippen LogP contribution is -2.38. The highest BCUT2D eigenvalue weighted by molar-refractivity contribution is 7.65. The Morgan fingerprint density at radius 2 is 1.80 bits per heavy atom. The smallest absolute Gasteiger partial charge is 0.330 e. The third-order valence-corrected chi connectivity index (χ3v) is 8.77. The molecule has 0 saturated carbocycles. The number of ether oxygens (including phenoxy) is 1. The average Bonchev–Trinajstić information content (AvgIpc) is 3.10. The minimum absolute atomic E-state index is 0.141. The van der Waals surface area contributed by atoms with Crippen LogP contribution in [0.1, 0.15) is 37.5 Å². The van der Waals surface area contributed by atoms with E-state index in [0.29, 0.717) is 17.5 Å². The summed E-state index contributed by atoms with van der Waals surface area (Å²) in [6, 6.07) is 0. The number of H-pyrrole nitrogens is 1. The number of hydrogen-bond acceptors (Lipinski definition) is 16. The maximum absolute atomic E-state index is 12.3. The second kappa shape index (κ2) is 14.9. The largest absolute Gasteiger partial charge is 0.756 e. The van der Waals surface area contributed by atoms with E-state index in [-0.39, 0.29) is 24.4 Å². The summed E-state index contributed by atoms with van der Waals surface area (Å²) in [7, 11) is -18.0. The number of nitrogens with one attached hydrogen (secondary N) is 2. The van der Waals surface area contributed by atoms with Crippen LogP contribution >= 0.6 is 23.5 Å². The fraction of sp³-hybridized carbons (Fsp3) is 0.611. The summed E-state index contributed by atoms with van der Waals surface area (Å²) in [4.78, 5) is 80.0. The fourth-order valence-corrected chi connectivity index (χ4v) is 6.19. The molecule has 1 aromatic rings. The second-order valence-electron chi connectivity index (χ2n) is 8.26. The molecule has 0 aliphatic carbocycles. The van der Waals surface area contributed by atoms with E-state index in [9.17, 15) is 53.0 Å². The van der Waals surface area contributed by atoms with Gasteiger partial charge in [-0.15, -0.1) is 0 Å². The van der Waals surface area contributed by atoms with Gasteiger partial charge in [-0.25, -0.2) is 13.4 Å². The lowest BCUT2D eigenvalue weighted by atomic mass is 10.1. The van der Waals surface area contributed by atoms with Crippen LogP contribution < -0.4 is 37.0 Å². The van der Waals surface area contributed by atoms with Gasteiger partial charge in [0.1, 0.15) is 23.9 Å². The minimum atomic E-state index is -6.17. The molecule has 0 spiro atoms. The molecule has 41 heavy (non-hydrogen) atoms. The highest BCUT2D eigenvalue weighted by Crippen LogP contribution is 2.61. The van der Waals surface area contributed by atoms with Crippen molar-refractivity contribution in [2.24, 2.45) is 5.73 Å². The first-order valence-electron chi connectivity index (χ1n) is 11.5. The lowest BCUT2D eigenvalue weighted by molar-refractivity contribution is -0.250. The van der Waals surface area contributed by atoms with Crippen LogP contribution in [0.4, 0.5) is 0 Å². The molecular formula is C18H26N4O16P3-3. The molecular weight excluding hydrogens is 621 g/mol. The van der Waals surface area contributed by atoms with Gasteiger partial charge in [-0.3, -0.25) is 32.8 Å². The minimum Gasteiger partial charge on any atom is -0.756 e. The van der Waals surface area contributed by atoms with Crippen LogP contribution in [0.5, 0.6) is 0 Å². The van der Waals surface area contributed by atoms with Crippen molar-refractivity contribution in [2.75, 3.05) is 19.7 Å². The quantitative estimate of drug-likeness (QED) is 0.0630. The monoisotopic (exact) mass is 647 g/mol. The highest BCUT2D eigenvalue weighted by Gasteiger charge is 2.45. The molecule has 1 amide bonds. The van der Waals surface area contributed by atoms with Crippen LogP contribution in [0, 0.1) is 11.8 Å². The Kier molecular flexibility index (Phi) is 12.8. The van der Waals surface area contributed by atoms with Crippen LogP contribution in [0.2, 0.25) is 0 Å². The van der Waals surface area contributed by atoms with E-state index in [1.807, 2.05) is 4.98 Å². The number of rotatable bonds is 14. The van der Waals surface area contributed by atoms with Crippen molar-refractivity contribution >= 4 is 29.4 Å². The Balaban J connectivity index is 2.07. The van der Waals surface area contributed by atoms with Gasteiger partial charge < -0.3 is 50.1 Å². The zero-order chi connectivity index (χ0) is 31.0. The number of aromatic amines is 1. The molecule has 2 heterocycles. The third kappa shape index (κ3) is 11.6. The average molecular weight is 647 g/mol. The SMILES string of the molecule is NCCCCCC(=O)NCC#Cc1cn([C@@H]2O[C@H](COP(=O)([O-])OP(=O)([O-])OP(=O)([O-])O)[C@@H](O)[C@H]2O)c(=O)[nH]c1=O. The molecule has 23 heteroatoms. The first kappa shape index (κ1) is 35.2. The van der Waals surface area contributed by atoms with E-state index in [1.54, 1.807) is 0 Å². The summed E-state index contributed by atoms with van der Waals surface area (Å²) in [5.74, 6) is 4.65. The molecule has 0 radical (unpaired) electrons. The number of aliphatic hydroxyl groups is 2. The standard InChI is InChI=1S/C18H29N4O16P3/c19-7-3-1-2-6-13(23)20-8-4-5-11-9-22(18(27)21-16(11)26)17-15(25)14(24)12(36-17)10-35-40(31,32)38-41(33,34)37-39(28,29)30/h9,12,14-15,17,24-25H,1-3,6-8,10,19H2,(H,20,23)(H,31,32)(H,33,34)(H,21,26,27)(H2,28,29,30)/p-3/t12-,14-,15-,17-/m1/s1. The van der Waals surface area contributed by atoms with E-state index in [4.69, 9.17) is 15.4 Å². The van der Waals surface area contributed by atoms with Gasteiger partial charge >= 0.3 is 5.69 Å². The van der Waals surface area contributed by atoms with Gasteiger partial charge in [0.05, 0.1) is 13.2 Å². The van der Waals surface area contributed by atoms with Gasteiger partial charge in [0, 0.05) is 12.6 Å². The second-order valence-corrected chi connectivity index (χ2v) is 12.5. The molecule has 3 unspecified atom stereocenters. The van der Waals surface area contributed by atoms with Crippen molar-refractivity contribution in [2.45, 2.75) is 50.2 Å². The lowest BCUT2D eigenvalue weighted by Gasteiger charge is -2.33. The number of aromatic nitrogens is 2. The van der Waals surface area contributed by atoms with Crippen molar-refractivity contribution in [1.29, 1.82) is 0 Å². The van der Waals surface area contributed by atoms with E-state index >= 15 is 0 Å². The van der Waals surface area contributed by atoms with Crippen LogP contribution in [-0.2, 0) is 36.4 Å². The molecule has 0 bridgehead atoms. The molecule has 7 atom stereocenters. The number of phosphoric acid groups is 3. The number of phosphoric ester groups is 1. The van der Waals surface area contributed by atoms with Gasteiger partial charge in [0.15, 0.2) is 6.23 Å². The van der Waals surface area contributed by atoms with Gasteiger partial charge in [-0.2, -0.15) is 0 Å². The van der Waals surface area contributed by atoms with E-state index < -0.39 is 65.9 Å². The maximum Gasteiger partial charge on any atom is 0.330 e. The predicted octanol–water partition coefficient (Wildman–Crippen LogP) is -4.41. The van der Waals surface area contributed by atoms with Crippen molar-refractivity contribution in [3.63, 3.8) is 0 Å². The summed E-state index contributed by atoms with van der Waals surface area (Å²) in [6.45, 7) is -0.847. The molecule has 20 nitrogen and oxygen atoms in total. The Hall–Kier alpha value is -2.04. The molecule has 1 fully saturated rings. The zero-order valence-electron chi connectivity index (χ0n) is 20.9. The van der Waals surface area contributed by atoms with Gasteiger partial charge in [-0.05, 0) is 19.4 Å². The summed E-state index contributed by atoms with van der Waals surface area (Å²) in [6.07, 6.45) is -4.04. The number of nitrogens with zero attached hydrogens (tertiary/aromatic N) is 1. The topological polar surface area (TPSA) is 328 Å². The van der Waals surface area contributed by atoms with Crippen LogP contribution in [0.3, 0.4) is 0 Å². The normalized spacial score (nSPS) is 24.9. The van der Waals surface area contributed by atoms with Crippen molar-refractivity contribution in [3.8, 4) is 11.8 Å². The van der Waals surface area contributed by atoms with Gasteiger partial charge in [-0.1, -0.05) is 18.3 Å². The molecule has 7 N–H and O–H groups in total. The van der Waals surface area contributed by atoms with E-state index in [1.165, 1.54) is 0 Å². The number of hydrogen-bond donors (Lipinski definition) is 6. The Morgan fingerprint density at radius 3 is 2.44 bits per heavy atom. The fourth-order valence-electron chi connectivity index (χ4n) is 3.29. The summed E-state index contributed by atoms with van der Waals surface area (Å²) < 4.78 is 50.1. The van der Waals surface area contributed by atoms with Crippen molar-refractivity contribution in [1.82, 2.24) is 14.9 Å². The Labute approximate surface area is 230 Å². The van der Waals surface area contributed by atoms with Crippen LogP contribution in [0.15, 0.2) is 15.8 Å². The number of unbranched alkanes of at least 4 members (excludes halogenated alkanes) is 2. The first-order valence-corrected chi connectivity index (χ1v) is 15.9. The Morgan fingerprint density at radius 1 is 1.12 bits per heavy atom. The van der Waals surface area contributed by atoms with Crippen LogP contribution in [0.25, 0.3) is 0 Å². The summed E-state index contributed by atoms with van der Waals surface area (Å²) >= 11 is 0. The number of nitrogens with two attached hydrogens (primary N) is 1. The van der Waals surface area contributed by atoms with Gasteiger partial charge in [0.2, 0.25) is 5.91 Å². The molecule has 1 aliphatic rings. The Bertz CT molecular complexity index is 1400. The molecule has 1 aliphatic heterocycles. The van der Waals surface area contributed by atoms with Crippen molar-refractivity contribution < 1.29 is 66.2 Å². The summed E-state index contributed by atoms with van der Waals surface area (Å²) in [5, 5.41) is 23.0. The maximum atomic E-state index is 12.3. The predicted molar refractivity (Wildman–Crippen MR) is 128 cm³/mol. The number of aliphatic hydroxyl groups excluding tert-OH is 2. The number of amides is 1. The molecule has 1 saturated heterocycles. The molecule has 0 aromatic carbocycles. The van der Waals surface area contributed by atoms with Crippen LogP contribution in [-0.4, -0.2) is 68.6 Å². The summed E-state index contributed by atoms with van der Waals surface area (Å²) in [5.41, 5.74) is 3.01. The number of carbonyl (C=O) groups is 1. The van der Waals surface area contributed by atoms with Gasteiger partial charge in [0.25, 0.3) is 29.0 Å². The number of carbonyl (C=O) groups excluding carboxylic acids is 1. The van der Waals surface area contributed by atoms with Crippen molar-refractivity contribution in [3.05, 3.63) is 32.6 Å². The molecule has 232 valence electrons. The zero-order valence-corrected chi connectivity index (χ0v) is 23.5. The third-order valence-electron chi connectivity index (χ3n) is 5.08. The molecule has 2 rings (SSSR count).